The van der Waals surface area contributed by atoms with Crippen LogP contribution >= 0.6 is 11.8 Å². The molecular weight excluding hydrogens is 323 g/mol. The first-order valence-electron chi connectivity index (χ1n) is 6.30. The number of aliphatic hydroxyl groups excluding tert-OH is 1. The molecule has 3 atom stereocenters. The van der Waals surface area contributed by atoms with Gasteiger partial charge in [-0.15, -0.1) is 11.8 Å². The fraction of sp³-hybridized carbons (Fsp3) is 0.583. The number of aliphatic carboxylic acids is 1. The molecule has 21 heavy (non-hydrogen) atoms. The fourth-order valence-corrected chi connectivity index (χ4v) is 4.59. The first-order valence-corrected chi connectivity index (χ1v) is 7.18. The Labute approximate surface area is 169 Å². The van der Waals surface area contributed by atoms with Gasteiger partial charge >= 0.3 is 57.4 Å². The first kappa shape index (κ1) is 17.5. The summed E-state index contributed by atoms with van der Waals surface area (Å²) in [5, 5.41) is 30.4. The number of hydrogen-bond donors (Lipinski definition) is 3. The van der Waals surface area contributed by atoms with E-state index in [0.717, 1.165) is 0 Å². The van der Waals surface area contributed by atoms with Gasteiger partial charge in [-0.2, -0.15) is 0 Å². The molecule has 2 aliphatic heterocycles. The van der Waals surface area contributed by atoms with Crippen molar-refractivity contribution < 1.29 is 77.8 Å². The number of allylic oxidation sites excluding steroid dienone is 1. The van der Waals surface area contributed by atoms with Gasteiger partial charge in [0.05, 0.1) is 17.7 Å². The molecule has 110 valence electrons. The second-order valence-corrected chi connectivity index (χ2v) is 6.43. The molecule has 0 spiro atoms. The number of carboxylic acids is 1. The van der Waals surface area contributed by atoms with Crippen molar-refractivity contribution in [3.05, 3.63) is 10.6 Å². The summed E-state index contributed by atoms with van der Waals surface area (Å²) < 4.78 is 0. The van der Waals surface area contributed by atoms with Crippen molar-refractivity contribution in [1.82, 2.24) is 4.90 Å². The molecule has 1 saturated heterocycles. The quantitative estimate of drug-likeness (QED) is 0.228. The monoisotopic (exact) mass is 338 g/mol. The number of carbonyl (C=O) groups excluding carboxylic acids is 1. The Morgan fingerprint density at radius 1 is 1.52 bits per heavy atom. The molecule has 2 heterocycles. The molecule has 0 radical (unpaired) electrons. The maximum Gasteiger partial charge on any atom is 1.00 e. The summed E-state index contributed by atoms with van der Waals surface area (Å²) in [6, 6.07) is 0. The Hall–Kier alpha value is 0.0964. The number of carbonyl (C=O) groups is 2. The molecule has 1 amide bonds. The third-order valence-electron chi connectivity index (χ3n) is 4.00. The van der Waals surface area contributed by atoms with Gasteiger partial charge in [-0.25, -0.2) is 4.79 Å². The van der Waals surface area contributed by atoms with E-state index in [1.165, 1.54) is 16.7 Å². The number of hydrogen-bond acceptors (Lipinski definition) is 6. The van der Waals surface area contributed by atoms with Crippen molar-refractivity contribution >= 4 is 29.4 Å². The van der Waals surface area contributed by atoms with Crippen LogP contribution in [0.4, 0.5) is 0 Å². The van der Waals surface area contributed by atoms with Gasteiger partial charge in [0.15, 0.2) is 0 Å². The molecule has 9 heteroatoms. The number of rotatable bonds is 3. The normalized spacial score (nSPS) is 31.9. The van der Waals surface area contributed by atoms with E-state index in [2.05, 4.69) is 5.16 Å². The molecule has 1 aliphatic carbocycles. The van der Waals surface area contributed by atoms with E-state index in [4.69, 9.17) is 5.21 Å². The molecule has 3 aliphatic rings. The Bertz CT molecular complexity index is 560. The molecule has 0 aromatic heterocycles. The average Bonchev–Trinajstić information content (AvgIpc) is 2.62. The van der Waals surface area contributed by atoms with Gasteiger partial charge in [0.1, 0.15) is 11.1 Å². The maximum absolute atomic E-state index is 12.0. The van der Waals surface area contributed by atoms with Crippen LogP contribution < -0.4 is 51.4 Å². The Balaban J connectivity index is 0.00000121. The first-order chi connectivity index (χ1) is 9.45. The predicted molar refractivity (Wildman–Crippen MR) is 71.1 cm³/mol. The molecule has 1 saturated carbocycles. The van der Waals surface area contributed by atoms with Crippen LogP contribution in [0.2, 0.25) is 0 Å². The largest absolute Gasteiger partial charge is 1.00 e. The minimum atomic E-state index is -1.12. The van der Waals surface area contributed by atoms with Crippen LogP contribution in [-0.4, -0.2) is 49.4 Å². The number of carboxylic acid groups (broad SMARTS) is 1. The number of thioether (sulfide) groups is 1. The van der Waals surface area contributed by atoms with Gasteiger partial charge in [-0.3, -0.25) is 9.69 Å². The molecule has 0 bridgehead atoms. The van der Waals surface area contributed by atoms with Gasteiger partial charge < -0.3 is 16.8 Å². The van der Waals surface area contributed by atoms with Crippen molar-refractivity contribution in [3.8, 4) is 0 Å². The minimum Gasteiger partial charge on any atom is -1.00 e. The fourth-order valence-electron chi connectivity index (χ4n) is 2.87. The number of fused-ring (bicyclic) bond motifs is 1. The molecule has 7 nitrogen and oxygen atoms in total. The van der Waals surface area contributed by atoms with Crippen molar-refractivity contribution in [2.24, 2.45) is 17.0 Å². The van der Waals surface area contributed by atoms with Gasteiger partial charge in [0.2, 0.25) is 5.91 Å². The predicted octanol–water partition coefficient (Wildman–Crippen LogP) is -2.45. The van der Waals surface area contributed by atoms with E-state index in [1.807, 2.05) is 0 Å². The smallest absolute Gasteiger partial charge is 1.00 e. The molecular formula is C12H15KN2O5S. The Kier molecular flexibility index (Phi) is 5.24. The van der Waals surface area contributed by atoms with Gasteiger partial charge in [0.25, 0.3) is 0 Å². The molecule has 0 unspecified atom stereocenters. The van der Waals surface area contributed by atoms with Crippen LogP contribution in [0.3, 0.4) is 0 Å². The third kappa shape index (κ3) is 2.62. The standard InChI is InChI=1S/C12H14N2O5S.K.H/c1-4(15)7-10(16)14-8(12(17)18)9(20-11(7)14)5-2-6(3-5)13-19;;/h4-5,7,11,15,19H,2-3H2,1H3,(H,17,18);;/q;+1;-1/t4-,5?,7+,11-;;/m1../s1. The van der Waals surface area contributed by atoms with Crippen molar-refractivity contribution in [2.45, 2.75) is 31.2 Å². The van der Waals surface area contributed by atoms with Crippen LogP contribution in [-0.2, 0) is 9.59 Å². The van der Waals surface area contributed by atoms with Gasteiger partial charge in [0, 0.05) is 10.8 Å². The average molecular weight is 338 g/mol. The topological polar surface area (TPSA) is 110 Å². The van der Waals surface area contributed by atoms with Gasteiger partial charge in [-0.05, 0) is 19.8 Å². The zero-order valence-electron chi connectivity index (χ0n) is 12.7. The van der Waals surface area contributed by atoms with E-state index in [-0.39, 0.29) is 75.7 Å². The Morgan fingerprint density at radius 2 is 2.14 bits per heavy atom. The van der Waals surface area contributed by atoms with Crippen LogP contribution in [0, 0.1) is 11.8 Å². The number of oxime groups is 1. The molecule has 3 N–H and O–H groups in total. The number of β-lactam (4-membered cyclic amide) rings is 1. The minimum absolute atomic E-state index is 0. The molecule has 0 aromatic carbocycles. The zero-order chi connectivity index (χ0) is 14.6. The summed E-state index contributed by atoms with van der Waals surface area (Å²) in [6.45, 7) is 1.54. The molecule has 3 rings (SSSR count). The van der Waals surface area contributed by atoms with Crippen LogP contribution in [0.5, 0.6) is 0 Å². The second kappa shape index (κ2) is 6.30. The zero-order valence-corrected chi connectivity index (χ0v) is 15.6. The van der Waals surface area contributed by atoms with Crippen molar-refractivity contribution in [1.29, 1.82) is 0 Å². The van der Waals surface area contributed by atoms with E-state index < -0.39 is 18.0 Å². The molecule has 2 fully saturated rings. The van der Waals surface area contributed by atoms with E-state index in [1.54, 1.807) is 6.92 Å². The van der Waals surface area contributed by atoms with Gasteiger partial charge in [-0.1, -0.05) is 5.16 Å². The van der Waals surface area contributed by atoms with Crippen LogP contribution in [0.1, 0.15) is 21.2 Å². The Morgan fingerprint density at radius 3 is 2.62 bits per heavy atom. The van der Waals surface area contributed by atoms with E-state index in [0.29, 0.717) is 23.5 Å². The molecule has 0 aromatic rings. The summed E-state index contributed by atoms with van der Waals surface area (Å²) in [4.78, 5) is 25.3. The van der Waals surface area contributed by atoms with Crippen LogP contribution in [0.15, 0.2) is 15.8 Å². The second-order valence-electron chi connectivity index (χ2n) is 5.27. The summed E-state index contributed by atoms with van der Waals surface area (Å²) >= 11 is 1.34. The third-order valence-corrected chi connectivity index (χ3v) is 5.53. The maximum atomic E-state index is 12.0. The summed E-state index contributed by atoms with van der Waals surface area (Å²) in [6.07, 6.45) is 0.245. The number of nitrogens with zero attached hydrogens (tertiary/aromatic N) is 2. The summed E-state index contributed by atoms with van der Waals surface area (Å²) in [5.74, 6) is -2.01. The van der Waals surface area contributed by atoms with Crippen molar-refractivity contribution in [2.75, 3.05) is 0 Å². The van der Waals surface area contributed by atoms with E-state index >= 15 is 0 Å². The van der Waals surface area contributed by atoms with E-state index in [9.17, 15) is 19.8 Å². The summed E-state index contributed by atoms with van der Waals surface area (Å²) in [7, 11) is 0. The number of amides is 1. The number of aliphatic hydroxyl groups is 1. The summed E-state index contributed by atoms with van der Waals surface area (Å²) in [5.41, 5.74) is 0.671. The SMILES string of the molecule is C[C@@H](O)[C@H]1C(=O)N2C(C(=O)O)=C(C3CC(=NO)C3)S[C@H]12.[H-].[K+]. The van der Waals surface area contributed by atoms with Crippen LogP contribution in [0.25, 0.3) is 0 Å². The van der Waals surface area contributed by atoms with Crippen molar-refractivity contribution in [3.63, 3.8) is 0 Å².